The first-order valence-electron chi connectivity index (χ1n) is 2.71. The Morgan fingerprint density at radius 3 is 2.70 bits per heavy atom. The van der Waals surface area contributed by atoms with E-state index in [2.05, 4.69) is 20.2 Å². The Kier molecular flexibility index (Phi) is 1.89. The summed E-state index contributed by atoms with van der Waals surface area (Å²) in [5.74, 6) is 0.665. The van der Waals surface area contributed by atoms with E-state index in [1.165, 1.54) is 12.4 Å². The summed E-state index contributed by atoms with van der Waals surface area (Å²) in [6, 6.07) is 0. The molecule has 0 saturated heterocycles. The van der Waals surface area contributed by atoms with E-state index in [0.717, 1.165) is 0 Å². The summed E-state index contributed by atoms with van der Waals surface area (Å²) in [5, 5.41) is 7.14. The van der Waals surface area contributed by atoms with Gasteiger partial charge in [0.15, 0.2) is 5.82 Å². The predicted octanol–water partition coefficient (Wildman–Crippen LogP) is 0.772. The molecule has 0 saturated carbocycles. The lowest BCUT2D eigenvalue weighted by molar-refractivity contribution is 1.09. The third-order valence-corrected chi connectivity index (χ3v) is 0.901. The third kappa shape index (κ3) is 1.25. The Labute approximate surface area is 58.0 Å². The highest BCUT2D eigenvalue weighted by molar-refractivity contribution is 5.49. The van der Waals surface area contributed by atoms with Crippen LogP contribution in [0.15, 0.2) is 22.6 Å². The number of hydrogen-bond acceptors (Lipinski definition) is 5. The lowest BCUT2D eigenvalue weighted by Gasteiger charge is -1.92. The van der Waals surface area contributed by atoms with Crippen LogP contribution in [0.4, 0.5) is 11.6 Å². The lowest BCUT2D eigenvalue weighted by Crippen LogP contribution is -1.90. The van der Waals surface area contributed by atoms with Gasteiger partial charge in [0.2, 0.25) is 5.82 Å². The fourth-order valence-electron chi connectivity index (χ4n) is 0.513. The van der Waals surface area contributed by atoms with Crippen LogP contribution in [0.2, 0.25) is 0 Å². The zero-order valence-corrected chi connectivity index (χ0v) is 5.52. The number of nitrogens with zero attached hydrogens (tertiary/aromatic N) is 4. The molecule has 1 heterocycles. The quantitative estimate of drug-likeness (QED) is 0.581. The van der Waals surface area contributed by atoms with Crippen LogP contribution in [0, 0.1) is 0 Å². The maximum Gasteiger partial charge on any atom is 0.216 e. The van der Waals surface area contributed by atoms with E-state index in [9.17, 15) is 0 Å². The summed E-state index contributed by atoms with van der Waals surface area (Å²) in [6.45, 7) is 0. The molecule has 0 unspecified atom stereocenters. The van der Waals surface area contributed by atoms with E-state index in [1.807, 2.05) is 0 Å². The van der Waals surface area contributed by atoms with Crippen LogP contribution in [-0.2, 0) is 0 Å². The molecular formula is C5H7N5. The van der Waals surface area contributed by atoms with E-state index >= 15 is 0 Å². The second-order valence-corrected chi connectivity index (χ2v) is 1.57. The van der Waals surface area contributed by atoms with Gasteiger partial charge >= 0.3 is 0 Å². The first kappa shape index (κ1) is 6.60. The number of aromatic nitrogens is 2. The number of azo groups is 1. The van der Waals surface area contributed by atoms with E-state index in [0.29, 0.717) is 11.6 Å². The van der Waals surface area contributed by atoms with Gasteiger partial charge in [-0.3, -0.25) is 0 Å². The number of rotatable bonds is 1. The second kappa shape index (κ2) is 2.86. The average molecular weight is 137 g/mol. The van der Waals surface area contributed by atoms with Crippen LogP contribution >= 0.6 is 0 Å². The van der Waals surface area contributed by atoms with E-state index in [4.69, 9.17) is 5.73 Å². The average Bonchev–Trinajstić information content (AvgIpc) is 1.94. The van der Waals surface area contributed by atoms with E-state index in [1.54, 1.807) is 7.05 Å². The SMILES string of the molecule is CN=Nc1nccnc1N. The number of anilines is 1. The van der Waals surface area contributed by atoms with E-state index in [-0.39, 0.29) is 0 Å². The summed E-state index contributed by atoms with van der Waals surface area (Å²) in [5.41, 5.74) is 5.38. The van der Waals surface area contributed by atoms with Crippen molar-refractivity contribution in [1.29, 1.82) is 0 Å². The van der Waals surface area contributed by atoms with Crippen LogP contribution in [0.25, 0.3) is 0 Å². The van der Waals surface area contributed by atoms with Gasteiger partial charge in [-0.2, -0.15) is 5.11 Å². The van der Waals surface area contributed by atoms with Crippen molar-refractivity contribution in [3.8, 4) is 0 Å². The van der Waals surface area contributed by atoms with Gasteiger partial charge in [0.1, 0.15) is 0 Å². The third-order valence-electron chi connectivity index (χ3n) is 0.901. The monoisotopic (exact) mass is 137 g/mol. The molecule has 0 aromatic carbocycles. The van der Waals surface area contributed by atoms with E-state index < -0.39 is 0 Å². The Bertz CT molecular complexity index is 244. The van der Waals surface area contributed by atoms with Crippen molar-refractivity contribution in [2.45, 2.75) is 0 Å². The smallest absolute Gasteiger partial charge is 0.216 e. The molecule has 0 aliphatic rings. The Hall–Kier alpha value is -1.52. The second-order valence-electron chi connectivity index (χ2n) is 1.57. The molecule has 1 aromatic rings. The largest absolute Gasteiger partial charge is 0.380 e. The normalized spacial score (nSPS) is 10.5. The van der Waals surface area contributed by atoms with Gasteiger partial charge in [0.25, 0.3) is 0 Å². The van der Waals surface area contributed by atoms with Crippen LogP contribution < -0.4 is 5.73 Å². The maximum atomic E-state index is 5.38. The van der Waals surface area contributed by atoms with Crippen molar-refractivity contribution in [2.24, 2.45) is 10.2 Å². The standard InChI is InChI=1S/C5H7N5/c1-7-10-5-4(6)8-2-3-9-5/h2-3H,1H3,(H2,6,8). The van der Waals surface area contributed by atoms with Gasteiger partial charge in [-0.15, -0.1) is 5.11 Å². The molecule has 5 nitrogen and oxygen atoms in total. The van der Waals surface area contributed by atoms with Crippen molar-refractivity contribution in [1.82, 2.24) is 9.97 Å². The van der Waals surface area contributed by atoms with Gasteiger partial charge in [-0.1, -0.05) is 0 Å². The fraction of sp³-hybridized carbons (Fsp3) is 0.200. The molecule has 0 radical (unpaired) electrons. The molecule has 0 fully saturated rings. The van der Waals surface area contributed by atoms with Crippen molar-refractivity contribution < 1.29 is 0 Å². The molecule has 10 heavy (non-hydrogen) atoms. The molecular weight excluding hydrogens is 130 g/mol. The van der Waals surface area contributed by atoms with Crippen LogP contribution in [0.1, 0.15) is 0 Å². The van der Waals surface area contributed by atoms with Crippen molar-refractivity contribution in [2.75, 3.05) is 12.8 Å². The maximum absolute atomic E-state index is 5.38. The molecule has 0 aliphatic heterocycles. The molecule has 1 rings (SSSR count). The van der Waals surface area contributed by atoms with Gasteiger partial charge < -0.3 is 5.73 Å². The van der Waals surface area contributed by atoms with Crippen LogP contribution in [0.3, 0.4) is 0 Å². The van der Waals surface area contributed by atoms with Crippen LogP contribution in [-0.4, -0.2) is 17.0 Å². The molecule has 1 aromatic heterocycles. The minimum atomic E-state index is 0.299. The topological polar surface area (TPSA) is 76.5 Å². The van der Waals surface area contributed by atoms with Crippen molar-refractivity contribution in [3.05, 3.63) is 12.4 Å². The van der Waals surface area contributed by atoms with Crippen molar-refractivity contribution >= 4 is 11.6 Å². The number of hydrogen-bond donors (Lipinski definition) is 1. The first-order valence-corrected chi connectivity index (χ1v) is 2.71. The molecule has 0 bridgehead atoms. The summed E-state index contributed by atoms with van der Waals surface area (Å²) >= 11 is 0. The molecule has 0 spiro atoms. The van der Waals surface area contributed by atoms with Gasteiger partial charge in [-0.05, 0) is 0 Å². The molecule has 5 heteroatoms. The van der Waals surface area contributed by atoms with Gasteiger partial charge in [0, 0.05) is 19.4 Å². The highest BCUT2D eigenvalue weighted by Gasteiger charge is 1.95. The van der Waals surface area contributed by atoms with Gasteiger partial charge in [-0.25, -0.2) is 9.97 Å². The zero-order chi connectivity index (χ0) is 7.40. The Balaban J connectivity index is 3.03. The Morgan fingerprint density at radius 1 is 1.40 bits per heavy atom. The molecule has 52 valence electrons. The molecule has 0 aliphatic carbocycles. The number of nitrogen functional groups attached to an aromatic ring is 1. The Morgan fingerprint density at radius 2 is 2.10 bits per heavy atom. The number of nitrogens with two attached hydrogens (primary N) is 1. The first-order chi connectivity index (χ1) is 4.84. The molecule has 0 amide bonds. The van der Waals surface area contributed by atoms with Crippen LogP contribution in [0.5, 0.6) is 0 Å². The fourth-order valence-corrected chi connectivity index (χ4v) is 0.513. The van der Waals surface area contributed by atoms with Crippen molar-refractivity contribution in [3.63, 3.8) is 0 Å². The zero-order valence-electron chi connectivity index (χ0n) is 5.52. The minimum Gasteiger partial charge on any atom is -0.380 e. The summed E-state index contributed by atoms with van der Waals surface area (Å²) in [6.07, 6.45) is 3.02. The van der Waals surface area contributed by atoms with Gasteiger partial charge in [0.05, 0.1) is 0 Å². The summed E-state index contributed by atoms with van der Waals surface area (Å²) in [4.78, 5) is 7.58. The molecule has 0 atom stereocenters. The molecule has 2 N–H and O–H groups in total. The highest BCUT2D eigenvalue weighted by Crippen LogP contribution is 2.12. The summed E-state index contributed by atoms with van der Waals surface area (Å²) in [7, 11) is 1.55. The minimum absolute atomic E-state index is 0.299. The highest BCUT2D eigenvalue weighted by atomic mass is 15.1. The summed E-state index contributed by atoms with van der Waals surface area (Å²) < 4.78 is 0. The predicted molar refractivity (Wildman–Crippen MR) is 36.9 cm³/mol. The lowest BCUT2D eigenvalue weighted by atomic mass is 10.6.